The first kappa shape index (κ1) is 24.8. The van der Waals surface area contributed by atoms with E-state index in [1.165, 1.54) is 11.3 Å². The van der Waals surface area contributed by atoms with E-state index in [2.05, 4.69) is 20.8 Å². The number of aromatic nitrogens is 2. The van der Waals surface area contributed by atoms with Crippen LogP contribution in [0.2, 0.25) is 0 Å². The van der Waals surface area contributed by atoms with Crippen molar-refractivity contribution in [3.05, 3.63) is 71.7 Å². The third-order valence-corrected chi connectivity index (χ3v) is 5.77. The van der Waals surface area contributed by atoms with Crippen LogP contribution in [0.25, 0.3) is 10.8 Å². The van der Waals surface area contributed by atoms with Crippen molar-refractivity contribution in [3.8, 4) is 11.5 Å². The largest absolute Gasteiger partial charge is 0.457 e. The number of fused-ring (bicyclic) bond motifs is 1. The van der Waals surface area contributed by atoms with Gasteiger partial charge in [-0.3, -0.25) is 14.4 Å². The zero-order chi connectivity index (χ0) is 25.3. The van der Waals surface area contributed by atoms with Crippen LogP contribution in [-0.2, 0) is 19.1 Å². The molecule has 2 N–H and O–H groups in total. The summed E-state index contributed by atoms with van der Waals surface area (Å²) in [5, 5.41) is 16.3. The van der Waals surface area contributed by atoms with Crippen molar-refractivity contribution in [1.82, 2.24) is 10.2 Å². The quantitative estimate of drug-likeness (QED) is 0.289. The molecule has 10 heteroatoms. The molecule has 0 unspecified atom stereocenters. The summed E-state index contributed by atoms with van der Waals surface area (Å²) in [5.74, 6) is 0.0645. The number of nitrogens with zero attached hydrogens (tertiary/aromatic N) is 2. The zero-order valence-corrected chi connectivity index (χ0v) is 20.3. The van der Waals surface area contributed by atoms with Gasteiger partial charge in [-0.25, -0.2) is 0 Å². The van der Waals surface area contributed by atoms with Crippen LogP contribution in [-0.4, -0.2) is 34.6 Å². The number of esters is 1. The van der Waals surface area contributed by atoms with E-state index in [1.54, 1.807) is 31.2 Å². The molecule has 4 rings (SSSR count). The first-order valence-corrected chi connectivity index (χ1v) is 12.1. The van der Waals surface area contributed by atoms with Crippen LogP contribution in [0.3, 0.4) is 0 Å². The minimum atomic E-state index is -0.552. The Hall–Kier alpha value is -4.31. The number of carbonyl (C=O) groups excluding carboxylic acids is 3. The Balaban J connectivity index is 1.15. The highest BCUT2D eigenvalue weighted by Crippen LogP contribution is 2.26. The lowest BCUT2D eigenvalue weighted by Gasteiger charge is -2.09. The lowest BCUT2D eigenvalue weighted by Crippen LogP contribution is -2.21. The van der Waals surface area contributed by atoms with Crippen molar-refractivity contribution in [2.75, 3.05) is 17.2 Å². The van der Waals surface area contributed by atoms with Crippen LogP contribution in [0, 0.1) is 6.92 Å². The van der Waals surface area contributed by atoms with Gasteiger partial charge in [0, 0.05) is 18.5 Å². The minimum Gasteiger partial charge on any atom is -0.457 e. The number of benzene rings is 3. The number of ether oxygens (including phenoxy) is 2. The maximum atomic E-state index is 12.1. The number of hydrogen-bond donors (Lipinski definition) is 2. The molecule has 0 bridgehead atoms. The highest BCUT2D eigenvalue weighted by molar-refractivity contribution is 7.15. The van der Waals surface area contributed by atoms with Crippen LogP contribution in [0.5, 0.6) is 11.5 Å². The Labute approximate surface area is 211 Å². The Morgan fingerprint density at radius 1 is 0.833 bits per heavy atom. The molecular weight excluding hydrogens is 480 g/mol. The summed E-state index contributed by atoms with van der Waals surface area (Å²) >= 11 is 1.27. The van der Waals surface area contributed by atoms with Crippen LogP contribution in [0.15, 0.2) is 66.7 Å². The van der Waals surface area contributed by atoms with Crippen LogP contribution in [0.1, 0.15) is 24.3 Å². The van der Waals surface area contributed by atoms with E-state index in [-0.39, 0.29) is 18.7 Å². The maximum absolute atomic E-state index is 12.1. The van der Waals surface area contributed by atoms with E-state index in [4.69, 9.17) is 9.47 Å². The van der Waals surface area contributed by atoms with Crippen molar-refractivity contribution < 1.29 is 23.9 Å². The second-order valence-electron chi connectivity index (χ2n) is 7.87. The average molecular weight is 505 g/mol. The van der Waals surface area contributed by atoms with Gasteiger partial charge in [0.1, 0.15) is 16.5 Å². The molecule has 184 valence electrons. The molecule has 0 aliphatic carbocycles. The normalized spacial score (nSPS) is 10.6. The number of amides is 2. The molecule has 36 heavy (non-hydrogen) atoms. The number of nitrogens with one attached hydrogen (secondary N) is 2. The van der Waals surface area contributed by atoms with E-state index in [1.807, 2.05) is 42.5 Å². The van der Waals surface area contributed by atoms with E-state index in [0.29, 0.717) is 28.7 Å². The fourth-order valence-electron chi connectivity index (χ4n) is 3.31. The molecule has 3 aromatic carbocycles. The number of carbonyl (C=O) groups is 3. The highest BCUT2D eigenvalue weighted by atomic mass is 32.1. The van der Waals surface area contributed by atoms with Gasteiger partial charge in [0.2, 0.25) is 11.0 Å². The maximum Gasteiger partial charge on any atom is 0.306 e. The van der Waals surface area contributed by atoms with Crippen molar-refractivity contribution >= 4 is 50.7 Å². The first-order valence-electron chi connectivity index (χ1n) is 11.3. The number of anilines is 2. The standard InChI is InChI=1S/C26H24N4O5S/c1-17-29-30-26(36-17)28-23(31)7-4-8-25(33)34-16-24(32)27-20-10-13-21(14-11-20)35-22-12-9-18-5-2-3-6-19(18)15-22/h2-3,5-6,9-15H,4,7-8,16H2,1H3,(H,27,32)(H,28,30,31). The van der Waals surface area contributed by atoms with Gasteiger partial charge in [0.05, 0.1) is 0 Å². The summed E-state index contributed by atoms with van der Waals surface area (Å²) in [5.41, 5.74) is 0.547. The Morgan fingerprint density at radius 2 is 1.58 bits per heavy atom. The summed E-state index contributed by atoms with van der Waals surface area (Å²) in [6.45, 7) is 1.38. The van der Waals surface area contributed by atoms with Crippen molar-refractivity contribution in [3.63, 3.8) is 0 Å². The Bertz CT molecular complexity index is 1370. The van der Waals surface area contributed by atoms with E-state index in [0.717, 1.165) is 15.8 Å². The number of aryl methyl sites for hydroxylation is 1. The van der Waals surface area contributed by atoms with Crippen LogP contribution in [0.4, 0.5) is 10.8 Å². The van der Waals surface area contributed by atoms with Gasteiger partial charge in [-0.2, -0.15) is 0 Å². The summed E-state index contributed by atoms with van der Waals surface area (Å²) in [4.78, 5) is 35.8. The van der Waals surface area contributed by atoms with Gasteiger partial charge in [0.25, 0.3) is 5.91 Å². The van der Waals surface area contributed by atoms with E-state index in [9.17, 15) is 14.4 Å². The predicted molar refractivity (Wildman–Crippen MR) is 137 cm³/mol. The van der Waals surface area contributed by atoms with Gasteiger partial charge in [-0.05, 0) is 60.5 Å². The highest BCUT2D eigenvalue weighted by Gasteiger charge is 2.11. The smallest absolute Gasteiger partial charge is 0.306 e. The first-order chi connectivity index (χ1) is 17.4. The summed E-state index contributed by atoms with van der Waals surface area (Å²) in [6, 6.07) is 20.8. The van der Waals surface area contributed by atoms with Crippen LogP contribution >= 0.6 is 11.3 Å². The van der Waals surface area contributed by atoms with E-state index >= 15 is 0 Å². The molecule has 1 heterocycles. The van der Waals surface area contributed by atoms with Crippen molar-refractivity contribution in [2.45, 2.75) is 26.2 Å². The molecule has 0 spiro atoms. The van der Waals surface area contributed by atoms with Gasteiger partial charge in [-0.1, -0.05) is 41.7 Å². The molecule has 0 fully saturated rings. The molecule has 0 aliphatic heterocycles. The molecule has 0 aliphatic rings. The molecule has 0 saturated carbocycles. The predicted octanol–water partition coefficient (Wildman–Crippen LogP) is 5.08. The topological polar surface area (TPSA) is 120 Å². The third kappa shape index (κ3) is 7.34. The zero-order valence-electron chi connectivity index (χ0n) is 19.5. The molecular formula is C26H24N4O5S. The molecule has 0 radical (unpaired) electrons. The van der Waals surface area contributed by atoms with Crippen LogP contribution < -0.4 is 15.4 Å². The lowest BCUT2D eigenvalue weighted by molar-refractivity contribution is -0.147. The fraction of sp³-hybridized carbons (Fsp3) is 0.192. The van der Waals surface area contributed by atoms with Gasteiger partial charge >= 0.3 is 5.97 Å². The minimum absolute atomic E-state index is 0.0245. The average Bonchev–Trinajstić information content (AvgIpc) is 3.28. The summed E-state index contributed by atoms with van der Waals surface area (Å²) < 4.78 is 10.9. The number of hydrogen-bond acceptors (Lipinski definition) is 8. The van der Waals surface area contributed by atoms with Crippen molar-refractivity contribution in [2.24, 2.45) is 0 Å². The summed E-state index contributed by atoms with van der Waals surface area (Å²) in [7, 11) is 0. The molecule has 0 saturated heterocycles. The van der Waals surface area contributed by atoms with Gasteiger partial charge in [0.15, 0.2) is 6.61 Å². The lowest BCUT2D eigenvalue weighted by atomic mass is 10.1. The number of rotatable bonds is 10. The second-order valence-corrected chi connectivity index (χ2v) is 9.05. The Morgan fingerprint density at radius 3 is 2.33 bits per heavy atom. The molecule has 0 atom stereocenters. The molecule has 9 nitrogen and oxygen atoms in total. The third-order valence-electron chi connectivity index (χ3n) is 5.02. The Kier molecular flexibility index (Phi) is 8.20. The monoisotopic (exact) mass is 504 g/mol. The fourth-order valence-corrected chi connectivity index (χ4v) is 3.92. The van der Waals surface area contributed by atoms with Crippen molar-refractivity contribution in [1.29, 1.82) is 0 Å². The summed E-state index contributed by atoms with van der Waals surface area (Å²) in [6.07, 6.45) is 0.451. The molecule has 2 amide bonds. The van der Waals surface area contributed by atoms with Gasteiger partial charge < -0.3 is 20.1 Å². The molecule has 1 aromatic heterocycles. The van der Waals surface area contributed by atoms with Gasteiger partial charge in [-0.15, -0.1) is 10.2 Å². The van der Waals surface area contributed by atoms with E-state index < -0.39 is 18.5 Å². The second kappa shape index (κ2) is 11.9. The SMILES string of the molecule is Cc1nnc(NC(=O)CCCC(=O)OCC(=O)Nc2ccc(Oc3ccc4ccccc4c3)cc2)s1. The molecule has 4 aromatic rings.